The molecule has 0 saturated carbocycles. The monoisotopic (exact) mass is 565 g/mol. The summed E-state index contributed by atoms with van der Waals surface area (Å²) in [5.74, 6) is -2.34. The van der Waals surface area contributed by atoms with Crippen LogP contribution in [0.25, 0.3) is 0 Å². The fourth-order valence-corrected chi connectivity index (χ4v) is 5.08. The average Bonchev–Trinajstić information content (AvgIpc) is 3.44. The van der Waals surface area contributed by atoms with Gasteiger partial charge in [0.05, 0.1) is 24.3 Å². The Morgan fingerprint density at radius 3 is 2.29 bits per heavy atom. The molecule has 3 aromatic rings. The maximum atomic E-state index is 13.9. The van der Waals surface area contributed by atoms with E-state index in [9.17, 15) is 23.5 Å². The standard InChI is InChI=1S/C32H37F2N3O4/c1-3-12-41-27-18-28(35-19-27)30(38)29(15-21-13-25(33)17-26(34)14-21)37-32(40)24-11-7-10-23(16-24)31(39)36-20(2)22-8-5-4-6-9-22/h4-11,13-14,16-17,20,27-30,35,38H,3,12,15,18-19H2,1-2H3,(H,36,39)(H,37,40)/t20?,27-,28-,29+,30-/m1/s1. The average molecular weight is 566 g/mol. The van der Waals surface area contributed by atoms with Crippen LogP contribution in [0, 0.1) is 11.6 Å². The van der Waals surface area contributed by atoms with Crippen LogP contribution in [0.5, 0.6) is 0 Å². The summed E-state index contributed by atoms with van der Waals surface area (Å²) >= 11 is 0. The number of aliphatic hydroxyl groups is 1. The lowest BCUT2D eigenvalue weighted by Gasteiger charge is -2.29. The Kier molecular flexibility index (Phi) is 10.6. The van der Waals surface area contributed by atoms with E-state index in [1.54, 1.807) is 18.2 Å². The molecule has 1 fully saturated rings. The normalized spacial score (nSPS) is 18.9. The highest BCUT2D eigenvalue weighted by Crippen LogP contribution is 2.20. The van der Waals surface area contributed by atoms with Crippen molar-refractivity contribution in [1.29, 1.82) is 0 Å². The molecular formula is C32H37F2N3O4. The van der Waals surface area contributed by atoms with Crippen molar-refractivity contribution < 1.29 is 28.2 Å². The van der Waals surface area contributed by atoms with Gasteiger partial charge in [0.15, 0.2) is 0 Å². The molecule has 4 rings (SSSR count). The third-order valence-electron chi connectivity index (χ3n) is 7.24. The lowest BCUT2D eigenvalue weighted by molar-refractivity contribution is 0.0514. The second-order valence-electron chi connectivity index (χ2n) is 10.5. The Hall–Kier alpha value is -3.66. The lowest BCUT2D eigenvalue weighted by Crippen LogP contribution is -2.52. The first-order chi connectivity index (χ1) is 19.7. The zero-order valence-corrected chi connectivity index (χ0v) is 23.3. The van der Waals surface area contributed by atoms with Crippen molar-refractivity contribution in [2.45, 2.75) is 63.4 Å². The van der Waals surface area contributed by atoms with Crippen molar-refractivity contribution in [2.24, 2.45) is 0 Å². The van der Waals surface area contributed by atoms with Gasteiger partial charge in [0.25, 0.3) is 11.8 Å². The molecule has 5 atom stereocenters. The summed E-state index contributed by atoms with van der Waals surface area (Å²) in [6.07, 6.45) is 0.246. The van der Waals surface area contributed by atoms with E-state index in [-0.39, 0.29) is 30.0 Å². The number of hydrogen-bond donors (Lipinski definition) is 4. The van der Waals surface area contributed by atoms with Crippen molar-refractivity contribution >= 4 is 11.8 Å². The molecule has 7 nitrogen and oxygen atoms in total. The highest BCUT2D eigenvalue weighted by Gasteiger charge is 2.35. The van der Waals surface area contributed by atoms with E-state index in [4.69, 9.17) is 4.74 Å². The van der Waals surface area contributed by atoms with Gasteiger partial charge < -0.3 is 25.8 Å². The molecule has 1 heterocycles. The number of hydrogen-bond acceptors (Lipinski definition) is 5. The van der Waals surface area contributed by atoms with Gasteiger partial charge >= 0.3 is 0 Å². The molecule has 0 bridgehead atoms. The fourth-order valence-electron chi connectivity index (χ4n) is 5.08. The summed E-state index contributed by atoms with van der Waals surface area (Å²) in [5.41, 5.74) is 1.77. The molecule has 0 spiro atoms. The summed E-state index contributed by atoms with van der Waals surface area (Å²) in [4.78, 5) is 26.3. The molecule has 2 amide bonds. The number of halogens is 2. The van der Waals surface area contributed by atoms with Gasteiger partial charge in [-0.1, -0.05) is 43.3 Å². The molecule has 3 aromatic carbocycles. The van der Waals surface area contributed by atoms with Gasteiger partial charge in [-0.05, 0) is 67.6 Å². The molecular weight excluding hydrogens is 528 g/mol. The third-order valence-corrected chi connectivity index (χ3v) is 7.24. The van der Waals surface area contributed by atoms with Gasteiger partial charge in [-0.2, -0.15) is 0 Å². The number of carbonyl (C=O) groups excluding carboxylic acids is 2. The van der Waals surface area contributed by atoms with Crippen molar-refractivity contribution in [1.82, 2.24) is 16.0 Å². The second kappa shape index (κ2) is 14.3. The van der Waals surface area contributed by atoms with Gasteiger partial charge in [-0.15, -0.1) is 0 Å². The van der Waals surface area contributed by atoms with Crippen molar-refractivity contribution in [3.05, 3.63) is 107 Å². The summed E-state index contributed by atoms with van der Waals surface area (Å²) in [6, 6.07) is 17.4. The van der Waals surface area contributed by atoms with Gasteiger partial charge in [-0.3, -0.25) is 9.59 Å². The molecule has 0 aliphatic carbocycles. The molecule has 1 saturated heterocycles. The maximum Gasteiger partial charge on any atom is 0.251 e. The molecule has 1 unspecified atom stereocenters. The molecule has 41 heavy (non-hydrogen) atoms. The van der Waals surface area contributed by atoms with Crippen LogP contribution in [0.15, 0.2) is 72.8 Å². The van der Waals surface area contributed by atoms with Crippen LogP contribution < -0.4 is 16.0 Å². The van der Waals surface area contributed by atoms with Crippen LogP contribution in [0.3, 0.4) is 0 Å². The van der Waals surface area contributed by atoms with Crippen LogP contribution in [-0.2, 0) is 11.2 Å². The number of rotatable bonds is 12. The summed E-state index contributed by atoms with van der Waals surface area (Å²) in [5, 5.41) is 20.3. The Morgan fingerprint density at radius 2 is 1.63 bits per heavy atom. The molecule has 0 aromatic heterocycles. The lowest BCUT2D eigenvalue weighted by atomic mass is 9.94. The van der Waals surface area contributed by atoms with Crippen LogP contribution in [0.4, 0.5) is 8.78 Å². The van der Waals surface area contributed by atoms with Gasteiger partial charge in [0, 0.05) is 36.4 Å². The van der Waals surface area contributed by atoms with Crippen LogP contribution in [0.2, 0.25) is 0 Å². The van der Waals surface area contributed by atoms with Crippen LogP contribution in [0.1, 0.15) is 64.6 Å². The minimum atomic E-state index is -1.07. The predicted molar refractivity (Wildman–Crippen MR) is 153 cm³/mol. The number of nitrogens with one attached hydrogen (secondary N) is 3. The topological polar surface area (TPSA) is 99.7 Å². The highest BCUT2D eigenvalue weighted by molar-refractivity contribution is 5.99. The zero-order valence-electron chi connectivity index (χ0n) is 23.3. The van der Waals surface area contributed by atoms with Crippen molar-refractivity contribution in [2.75, 3.05) is 13.2 Å². The van der Waals surface area contributed by atoms with E-state index >= 15 is 0 Å². The van der Waals surface area contributed by atoms with E-state index in [0.29, 0.717) is 30.7 Å². The molecule has 218 valence electrons. The van der Waals surface area contributed by atoms with Gasteiger partial charge in [0.1, 0.15) is 11.6 Å². The maximum absolute atomic E-state index is 13.9. The minimum Gasteiger partial charge on any atom is -0.389 e. The Morgan fingerprint density at radius 1 is 0.976 bits per heavy atom. The van der Waals surface area contributed by atoms with E-state index in [1.807, 2.05) is 44.2 Å². The minimum absolute atomic E-state index is 0.00494. The van der Waals surface area contributed by atoms with E-state index in [0.717, 1.165) is 18.1 Å². The quantitative estimate of drug-likeness (QED) is 0.262. The fraction of sp³-hybridized carbons (Fsp3) is 0.375. The molecule has 1 aliphatic heterocycles. The van der Waals surface area contributed by atoms with E-state index in [2.05, 4.69) is 16.0 Å². The summed E-state index contributed by atoms with van der Waals surface area (Å²) in [7, 11) is 0. The molecule has 4 N–H and O–H groups in total. The number of ether oxygens (including phenoxy) is 1. The van der Waals surface area contributed by atoms with E-state index < -0.39 is 35.7 Å². The van der Waals surface area contributed by atoms with Crippen molar-refractivity contribution in [3.8, 4) is 0 Å². The number of aliphatic hydroxyl groups excluding tert-OH is 1. The third kappa shape index (κ3) is 8.42. The number of benzene rings is 3. The zero-order chi connectivity index (χ0) is 29.4. The molecule has 0 radical (unpaired) electrons. The van der Waals surface area contributed by atoms with E-state index in [1.165, 1.54) is 18.2 Å². The highest BCUT2D eigenvalue weighted by atomic mass is 19.1. The second-order valence-corrected chi connectivity index (χ2v) is 10.5. The number of carbonyl (C=O) groups is 2. The summed E-state index contributed by atoms with van der Waals surface area (Å²) < 4.78 is 33.7. The first-order valence-corrected chi connectivity index (χ1v) is 14.0. The SMILES string of the molecule is CCCO[C@H]1CN[C@@H]([C@@H](O)[C@H](Cc2cc(F)cc(F)c2)NC(=O)c2cccc(C(=O)NC(C)c3ccccc3)c2)C1. The van der Waals surface area contributed by atoms with Gasteiger partial charge in [-0.25, -0.2) is 8.78 Å². The van der Waals surface area contributed by atoms with Crippen LogP contribution in [-0.4, -0.2) is 54.4 Å². The smallest absolute Gasteiger partial charge is 0.251 e. The molecule has 1 aliphatic rings. The molecule has 9 heteroatoms. The van der Waals surface area contributed by atoms with Gasteiger partial charge in [0.2, 0.25) is 0 Å². The number of amides is 2. The van der Waals surface area contributed by atoms with Crippen molar-refractivity contribution in [3.63, 3.8) is 0 Å². The summed E-state index contributed by atoms with van der Waals surface area (Å²) in [6.45, 7) is 5.04. The van der Waals surface area contributed by atoms with Crippen LogP contribution >= 0.6 is 0 Å². The first kappa shape index (κ1) is 30.3. The Bertz CT molecular complexity index is 1300. The largest absolute Gasteiger partial charge is 0.389 e. The Balaban J connectivity index is 1.49. The Labute approximate surface area is 239 Å². The predicted octanol–water partition coefficient (Wildman–Crippen LogP) is 4.31. The first-order valence-electron chi connectivity index (χ1n) is 14.0.